The number of nitrogens with zero attached hydrogens (tertiary/aromatic N) is 2. The Bertz CT molecular complexity index is 504. The summed E-state index contributed by atoms with van der Waals surface area (Å²) in [7, 11) is 0. The zero-order valence-electron chi connectivity index (χ0n) is 10.3. The molecule has 0 saturated carbocycles. The molecule has 3 heteroatoms. The van der Waals surface area contributed by atoms with Gasteiger partial charge in [0, 0.05) is 18.7 Å². The molecule has 2 heterocycles. The van der Waals surface area contributed by atoms with Crippen LogP contribution in [-0.4, -0.2) is 16.5 Å². The van der Waals surface area contributed by atoms with Gasteiger partial charge in [0.05, 0.1) is 5.69 Å². The van der Waals surface area contributed by atoms with Crippen LogP contribution in [0.3, 0.4) is 0 Å². The highest BCUT2D eigenvalue weighted by atomic mass is 15.0. The van der Waals surface area contributed by atoms with Crippen molar-refractivity contribution >= 4 is 0 Å². The van der Waals surface area contributed by atoms with Crippen LogP contribution in [-0.2, 0) is 6.42 Å². The van der Waals surface area contributed by atoms with Crippen LogP contribution in [0.25, 0.3) is 0 Å². The largest absolute Gasteiger partial charge is 0.309 e. The molecular weight excluding hydrogens is 222 g/mol. The fourth-order valence-electron chi connectivity index (χ4n) is 2.41. The maximum absolute atomic E-state index is 4.68. The molecule has 3 rings (SSSR count). The van der Waals surface area contributed by atoms with Gasteiger partial charge in [-0.1, -0.05) is 30.3 Å². The topological polar surface area (TPSA) is 37.8 Å². The highest BCUT2D eigenvalue weighted by Crippen LogP contribution is 2.21. The van der Waals surface area contributed by atoms with E-state index in [0.717, 1.165) is 24.5 Å². The van der Waals surface area contributed by atoms with Crippen molar-refractivity contribution in [3.8, 4) is 0 Å². The lowest BCUT2D eigenvalue weighted by molar-refractivity contribution is 0.621. The number of aromatic nitrogens is 2. The average Bonchev–Trinajstić information content (AvgIpc) is 2.94. The second-order valence-corrected chi connectivity index (χ2v) is 4.71. The minimum absolute atomic E-state index is 0.419. The van der Waals surface area contributed by atoms with Crippen LogP contribution in [0.2, 0.25) is 0 Å². The van der Waals surface area contributed by atoms with Crippen LogP contribution in [0.15, 0.2) is 42.6 Å². The van der Waals surface area contributed by atoms with E-state index in [9.17, 15) is 0 Å². The molecule has 3 nitrogen and oxygen atoms in total. The van der Waals surface area contributed by atoms with E-state index in [1.54, 1.807) is 0 Å². The molecule has 0 amide bonds. The third-order valence-electron chi connectivity index (χ3n) is 3.35. The van der Waals surface area contributed by atoms with Gasteiger partial charge in [0.15, 0.2) is 0 Å². The fraction of sp³-hybridized carbons (Fsp3) is 0.333. The highest BCUT2D eigenvalue weighted by molar-refractivity contribution is 5.20. The number of nitrogens with one attached hydrogen (secondary N) is 1. The summed E-state index contributed by atoms with van der Waals surface area (Å²) in [5, 5.41) is 3.47. The molecule has 1 unspecified atom stereocenters. The third-order valence-corrected chi connectivity index (χ3v) is 3.35. The van der Waals surface area contributed by atoms with Gasteiger partial charge in [0.2, 0.25) is 0 Å². The Morgan fingerprint density at radius 2 is 2.06 bits per heavy atom. The van der Waals surface area contributed by atoms with Crippen molar-refractivity contribution in [1.29, 1.82) is 0 Å². The maximum Gasteiger partial charge on any atom is 0.132 e. The van der Waals surface area contributed by atoms with Gasteiger partial charge >= 0.3 is 0 Å². The van der Waals surface area contributed by atoms with Crippen LogP contribution in [0.4, 0.5) is 0 Å². The normalized spacial score (nSPS) is 19.0. The van der Waals surface area contributed by atoms with Crippen LogP contribution >= 0.6 is 0 Å². The van der Waals surface area contributed by atoms with E-state index in [4.69, 9.17) is 0 Å². The van der Waals surface area contributed by atoms with E-state index in [1.165, 1.54) is 18.4 Å². The molecule has 92 valence electrons. The Morgan fingerprint density at radius 3 is 2.83 bits per heavy atom. The lowest BCUT2D eigenvalue weighted by Gasteiger charge is -2.10. The molecule has 2 aromatic rings. The second kappa shape index (κ2) is 5.27. The monoisotopic (exact) mass is 239 g/mol. The van der Waals surface area contributed by atoms with Crippen molar-refractivity contribution in [3.05, 3.63) is 59.7 Å². The fourth-order valence-corrected chi connectivity index (χ4v) is 2.41. The summed E-state index contributed by atoms with van der Waals surface area (Å²) < 4.78 is 0. The Morgan fingerprint density at radius 1 is 1.17 bits per heavy atom. The van der Waals surface area contributed by atoms with Gasteiger partial charge in [-0.05, 0) is 31.0 Å². The number of hydrogen-bond acceptors (Lipinski definition) is 3. The molecule has 1 N–H and O–H groups in total. The van der Waals surface area contributed by atoms with Gasteiger partial charge in [-0.15, -0.1) is 0 Å². The number of rotatable bonds is 3. The first kappa shape index (κ1) is 11.4. The predicted octanol–water partition coefficient (Wildman–Crippen LogP) is 2.49. The first-order valence-corrected chi connectivity index (χ1v) is 6.51. The smallest absolute Gasteiger partial charge is 0.132 e. The summed E-state index contributed by atoms with van der Waals surface area (Å²) in [6.45, 7) is 1.10. The zero-order chi connectivity index (χ0) is 12.2. The molecule has 1 aromatic heterocycles. The van der Waals surface area contributed by atoms with Crippen molar-refractivity contribution in [2.45, 2.75) is 25.3 Å². The quantitative estimate of drug-likeness (QED) is 0.894. The minimum Gasteiger partial charge on any atom is -0.309 e. The van der Waals surface area contributed by atoms with Gasteiger partial charge in [-0.25, -0.2) is 9.97 Å². The molecule has 1 saturated heterocycles. The molecule has 0 radical (unpaired) electrons. The number of hydrogen-bond donors (Lipinski definition) is 1. The first-order chi connectivity index (χ1) is 8.92. The van der Waals surface area contributed by atoms with Crippen LogP contribution in [0.5, 0.6) is 0 Å². The highest BCUT2D eigenvalue weighted by Gasteiger charge is 2.17. The molecule has 18 heavy (non-hydrogen) atoms. The van der Waals surface area contributed by atoms with E-state index in [2.05, 4.69) is 39.6 Å². The lowest BCUT2D eigenvalue weighted by atomic mass is 10.1. The molecule has 1 aliphatic rings. The molecule has 0 bridgehead atoms. The summed E-state index contributed by atoms with van der Waals surface area (Å²) in [4.78, 5) is 9.04. The zero-order valence-corrected chi connectivity index (χ0v) is 10.3. The van der Waals surface area contributed by atoms with Gasteiger partial charge in [-0.2, -0.15) is 0 Å². The van der Waals surface area contributed by atoms with Crippen LogP contribution < -0.4 is 5.32 Å². The van der Waals surface area contributed by atoms with Crippen molar-refractivity contribution in [2.24, 2.45) is 0 Å². The average molecular weight is 239 g/mol. The summed E-state index contributed by atoms with van der Waals surface area (Å²) in [6, 6.07) is 12.8. The lowest BCUT2D eigenvalue weighted by Crippen LogP contribution is -2.15. The van der Waals surface area contributed by atoms with Gasteiger partial charge in [-0.3, -0.25) is 0 Å². The Kier molecular flexibility index (Phi) is 3.33. The summed E-state index contributed by atoms with van der Waals surface area (Å²) >= 11 is 0. The summed E-state index contributed by atoms with van der Waals surface area (Å²) in [5.74, 6) is 0.910. The molecule has 1 fully saturated rings. The summed E-state index contributed by atoms with van der Waals surface area (Å²) in [6.07, 6.45) is 5.10. The maximum atomic E-state index is 4.68. The van der Waals surface area contributed by atoms with Crippen LogP contribution in [0.1, 0.15) is 36.0 Å². The van der Waals surface area contributed by atoms with Gasteiger partial charge < -0.3 is 5.32 Å². The van der Waals surface area contributed by atoms with Crippen molar-refractivity contribution in [2.75, 3.05) is 6.54 Å². The predicted molar refractivity (Wildman–Crippen MR) is 71.3 cm³/mol. The Hall–Kier alpha value is -1.74. The molecular formula is C15H17N3. The number of benzene rings is 1. The van der Waals surface area contributed by atoms with E-state index in [0.29, 0.717) is 6.04 Å². The van der Waals surface area contributed by atoms with Crippen molar-refractivity contribution in [3.63, 3.8) is 0 Å². The molecule has 1 aliphatic heterocycles. The first-order valence-electron chi connectivity index (χ1n) is 6.51. The van der Waals surface area contributed by atoms with Gasteiger partial charge in [0.1, 0.15) is 5.82 Å². The van der Waals surface area contributed by atoms with E-state index >= 15 is 0 Å². The third kappa shape index (κ3) is 2.57. The van der Waals surface area contributed by atoms with E-state index in [-0.39, 0.29) is 0 Å². The Balaban J connectivity index is 1.78. The molecule has 1 atom stereocenters. The standard InChI is InChI=1S/C15H17N3/c1-2-5-12(6-3-1)11-15-17-10-8-14(18-15)13-7-4-9-16-13/h1-3,5-6,8,10,13,16H,4,7,9,11H2. The summed E-state index contributed by atoms with van der Waals surface area (Å²) in [5.41, 5.74) is 2.39. The minimum atomic E-state index is 0.419. The second-order valence-electron chi connectivity index (χ2n) is 4.71. The van der Waals surface area contributed by atoms with Crippen molar-refractivity contribution < 1.29 is 0 Å². The van der Waals surface area contributed by atoms with Gasteiger partial charge in [0.25, 0.3) is 0 Å². The van der Waals surface area contributed by atoms with E-state index in [1.807, 2.05) is 18.3 Å². The Labute approximate surface area is 107 Å². The molecule has 1 aromatic carbocycles. The SMILES string of the molecule is c1ccc(Cc2nccc(C3CCCN3)n2)cc1. The molecule has 0 spiro atoms. The van der Waals surface area contributed by atoms with Crippen molar-refractivity contribution in [1.82, 2.24) is 15.3 Å². The molecule has 0 aliphatic carbocycles. The van der Waals surface area contributed by atoms with E-state index < -0.39 is 0 Å². The van der Waals surface area contributed by atoms with Crippen LogP contribution in [0, 0.1) is 0 Å².